The van der Waals surface area contributed by atoms with Gasteiger partial charge in [-0.1, -0.05) is 24.3 Å². The van der Waals surface area contributed by atoms with Crippen LogP contribution in [-0.4, -0.2) is 43.1 Å². The Morgan fingerprint density at radius 2 is 1.48 bits per heavy atom. The highest BCUT2D eigenvalue weighted by atomic mass is 127. The van der Waals surface area contributed by atoms with Gasteiger partial charge in [-0.2, -0.15) is 0 Å². The number of carbonyl (C=O) groups is 2. The zero-order valence-electron chi connectivity index (χ0n) is 14.1. The van der Waals surface area contributed by atoms with E-state index in [1.807, 2.05) is 54.8 Å². The Labute approximate surface area is 165 Å². The highest BCUT2D eigenvalue weighted by Gasteiger charge is 2.13. The fraction of sp³-hybridized carbons (Fsp3) is 0.222. The smallest absolute Gasteiger partial charge is 0.238 e. The number of nitrogens with one attached hydrogen (secondary N) is 2. The molecule has 2 aromatic rings. The molecule has 2 rings (SSSR count). The van der Waals surface area contributed by atoms with Crippen molar-refractivity contribution in [3.63, 3.8) is 0 Å². The van der Waals surface area contributed by atoms with Gasteiger partial charge in [0.05, 0.1) is 24.5 Å². The molecule has 0 aliphatic carbocycles. The Kier molecular flexibility index (Phi) is 7.73. The molecule has 0 saturated heterocycles. The Bertz CT molecular complexity index is 755. The Balaban J connectivity index is 1.85. The first-order valence-corrected chi connectivity index (χ1v) is 9.95. The van der Waals surface area contributed by atoms with Gasteiger partial charge in [-0.05, 0) is 60.2 Å². The van der Waals surface area contributed by atoms with E-state index < -0.39 is 0 Å². The second kappa shape index (κ2) is 9.79. The normalized spacial score (nSPS) is 10.6. The maximum Gasteiger partial charge on any atom is 0.238 e. The SMILES string of the molecule is CSc1ccccc1NC(=O)CN(C)CC(=O)Nc1ccccc1I. The summed E-state index contributed by atoms with van der Waals surface area (Å²) in [6.45, 7) is 0.282. The van der Waals surface area contributed by atoms with E-state index in [1.54, 1.807) is 23.7 Å². The summed E-state index contributed by atoms with van der Waals surface area (Å²) in [5.74, 6) is -0.296. The van der Waals surface area contributed by atoms with Gasteiger partial charge in [-0.15, -0.1) is 11.8 Å². The van der Waals surface area contributed by atoms with E-state index in [1.165, 1.54) is 0 Å². The van der Waals surface area contributed by atoms with Crippen LogP contribution in [0.15, 0.2) is 53.4 Å². The zero-order chi connectivity index (χ0) is 18.2. The van der Waals surface area contributed by atoms with Crippen molar-refractivity contribution in [1.29, 1.82) is 0 Å². The molecule has 0 atom stereocenters. The lowest BCUT2D eigenvalue weighted by molar-refractivity contribution is -0.119. The van der Waals surface area contributed by atoms with Crippen LogP contribution in [0.1, 0.15) is 0 Å². The standard InChI is InChI=1S/C18H20IN3O2S/c1-22(11-17(23)20-14-8-4-3-7-13(14)19)12-18(24)21-15-9-5-6-10-16(15)25-2/h3-10H,11-12H2,1-2H3,(H,20,23)(H,21,24). The molecule has 0 spiro atoms. The van der Waals surface area contributed by atoms with E-state index in [-0.39, 0.29) is 24.9 Å². The maximum atomic E-state index is 12.2. The van der Waals surface area contributed by atoms with Crippen LogP contribution in [-0.2, 0) is 9.59 Å². The van der Waals surface area contributed by atoms with Crippen molar-refractivity contribution >= 4 is 57.5 Å². The lowest BCUT2D eigenvalue weighted by Crippen LogP contribution is -2.36. The van der Waals surface area contributed by atoms with Gasteiger partial charge in [-0.25, -0.2) is 0 Å². The first kappa shape index (κ1) is 19.7. The van der Waals surface area contributed by atoms with Crippen molar-refractivity contribution in [2.24, 2.45) is 0 Å². The zero-order valence-corrected chi connectivity index (χ0v) is 17.1. The van der Waals surface area contributed by atoms with E-state index in [4.69, 9.17) is 0 Å². The lowest BCUT2D eigenvalue weighted by Gasteiger charge is -2.17. The first-order valence-electron chi connectivity index (χ1n) is 7.65. The summed E-state index contributed by atoms with van der Waals surface area (Å²) in [5, 5.41) is 5.75. The van der Waals surface area contributed by atoms with Crippen molar-refractivity contribution in [2.75, 3.05) is 37.0 Å². The predicted molar refractivity (Wildman–Crippen MR) is 112 cm³/mol. The van der Waals surface area contributed by atoms with E-state index >= 15 is 0 Å². The molecule has 0 fully saturated rings. The topological polar surface area (TPSA) is 61.4 Å². The molecule has 0 saturated carbocycles. The molecule has 25 heavy (non-hydrogen) atoms. The molecular weight excluding hydrogens is 449 g/mol. The highest BCUT2D eigenvalue weighted by Crippen LogP contribution is 2.24. The van der Waals surface area contributed by atoms with Crippen molar-refractivity contribution < 1.29 is 9.59 Å². The average molecular weight is 469 g/mol. The van der Waals surface area contributed by atoms with E-state index in [0.29, 0.717) is 0 Å². The number of carbonyl (C=O) groups excluding carboxylic acids is 2. The summed E-state index contributed by atoms with van der Waals surface area (Å²) in [7, 11) is 1.75. The number of amides is 2. The largest absolute Gasteiger partial charge is 0.324 e. The van der Waals surface area contributed by atoms with Crippen LogP contribution in [0.2, 0.25) is 0 Å². The van der Waals surface area contributed by atoms with E-state index in [2.05, 4.69) is 33.2 Å². The Morgan fingerprint density at radius 3 is 2.08 bits per heavy atom. The number of likely N-dealkylation sites (N-methyl/N-ethyl adjacent to an activating group) is 1. The van der Waals surface area contributed by atoms with Crippen LogP contribution in [0.5, 0.6) is 0 Å². The fourth-order valence-electron chi connectivity index (χ4n) is 2.24. The van der Waals surface area contributed by atoms with Gasteiger partial charge < -0.3 is 10.6 Å². The van der Waals surface area contributed by atoms with Crippen LogP contribution in [0.4, 0.5) is 11.4 Å². The van der Waals surface area contributed by atoms with Gasteiger partial charge in [0.1, 0.15) is 0 Å². The molecule has 2 N–H and O–H groups in total. The third-order valence-electron chi connectivity index (χ3n) is 3.36. The highest BCUT2D eigenvalue weighted by molar-refractivity contribution is 14.1. The number of hydrogen-bond acceptors (Lipinski definition) is 4. The maximum absolute atomic E-state index is 12.2. The van der Waals surface area contributed by atoms with E-state index in [0.717, 1.165) is 19.8 Å². The van der Waals surface area contributed by atoms with Gasteiger partial charge in [0.2, 0.25) is 11.8 Å². The summed E-state index contributed by atoms with van der Waals surface area (Å²) < 4.78 is 0.975. The predicted octanol–water partition coefficient (Wildman–Crippen LogP) is 3.52. The minimum absolute atomic E-state index is 0.141. The molecular formula is C18H20IN3O2S. The monoisotopic (exact) mass is 469 g/mol. The van der Waals surface area contributed by atoms with Crippen molar-refractivity contribution in [3.8, 4) is 0 Å². The minimum atomic E-state index is -0.149. The molecule has 0 unspecified atom stereocenters. The summed E-state index contributed by atoms with van der Waals surface area (Å²) in [6.07, 6.45) is 1.96. The molecule has 7 heteroatoms. The number of thioether (sulfide) groups is 1. The summed E-state index contributed by atoms with van der Waals surface area (Å²) in [6, 6.07) is 15.2. The van der Waals surface area contributed by atoms with Crippen LogP contribution in [0.3, 0.4) is 0 Å². The quantitative estimate of drug-likeness (QED) is 0.482. The molecule has 2 aromatic carbocycles. The van der Waals surface area contributed by atoms with Crippen molar-refractivity contribution in [3.05, 3.63) is 52.1 Å². The molecule has 5 nitrogen and oxygen atoms in total. The first-order chi connectivity index (χ1) is 12.0. The van der Waals surface area contributed by atoms with Crippen LogP contribution >= 0.6 is 34.4 Å². The second-order valence-electron chi connectivity index (χ2n) is 5.45. The van der Waals surface area contributed by atoms with Gasteiger partial charge in [0, 0.05) is 8.47 Å². The number of halogens is 1. The van der Waals surface area contributed by atoms with Crippen LogP contribution in [0.25, 0.3) is 0 Å². The number of anilines is 2. The lowest BCUT2D eigenvalue weighted by atomic mass is 10.3. The summed E-state index contributed by atoms with van der Waals surface area (Å²) in [4.78, 5) is 27.0. The second-order valence-corrected chi connectivity index (χ2v) is 7.46. The Morgan fingerprint density at radius 1 is 0.960 bits per heavy atom. The molecule has 2 amide bonds. The fourth-order valence-corrected chi connectivity index (χ4v) is 3.31. The molecule has 0 heterocycles. The number of nitrogens with zero attached hydrogens (tertiary/aromatic N) is 1. The number of benzene rings is 2. The number of rotatable bonds is 7. The third kappa shape index (κ3) is 6.33. The van der Waals surface area contributed by atoms with Crippen molar-refractivity contribution in [1.82, 2.24) is 4.90 Å². The minimum Gasteiger partial charge on any atom is -0.324 e. The summed E-state index contributed by atoms with van der Waals surface area (Å²) >= 11 is 3.75. The third-order valence-corrected chi connectivity index (χ3v) is 5.09. The van der Waals surface area contributed by atoms with Gasteiger partial charge >= 0.3 is 0 Å². The molecule has 0 aliphatic rings. The van der Waals surface area contributed by atoms with Crippen molar-refractivity contribution in [2.45, 2.75) is 4.90 Å². The van der Waals surface area contributed by atoms with Gasteiger partial charge in [-0.3, -0.25) is 14.5 Å². The van der Waals surface area contributed by atoms with Gasteiger partial charge in [0.25, 0.3) is 0 Å². The molecule has 0 aromatic heterocycles. The average Bonchev–Trinajstić information content (AvgIpc) is 2.57. The summed E-state index contributed by atoms with van der Waals surface area (Å²) in [5.41, 5.74) is 1.57. The van der Waals surface area contributed by atoms with Crippen LogP contribution in [0, 0.1) is 3.57 Å². The number of hydrogen-bond donors (Lipinski definition) is 2. The molecule has 0 bridgehead atoms. The molecule has 0 aliphatic heterocycles. The molecule has 132 valence electrons. The number of para-hydroxylation sites is 2. The molecule has 0 radical (unpaired) electrons. The van der Waals surface area contributed by atoms with E-state index in [9.17, 15) is 9.59 Å². The Hall–Kier alpha value is -1.58. The van der Waals surface area contributed by atoms with Gasteiger partial charge in [0.15, 0.2) is 0 Å². The van der Waals surface area contributed by atoms with Crippen LogP contribution < -0.4 is 10.6 Å².